The summed E-state index contributed by atoms with van der Waals surface area (Å²) in [4.78, 5) is 49.3. The number of rotatable bonds is 15. The molecule has 2 aromatic rings. The topological polar surface area (TPSA) is 136 Å². The van der Waals surface area contributed by atoms with E-state index in [-0.39, 0.29) is 20.0 Å². The first kappa shape index (κ1) is 25.4. The summed E-state index contributed by atoms with van der Waals surface area (Å²) in [5.74, 6) is -2.24. The Morgan fingerprint density at radius 1 is 0.969 bits per heavy atom. The van der Waals surface area contributed by atoms with Crippen molar-refractivity contribution < 1.29 is 39.4 Å². The van der Waals surface area contributed by atoms with Crippen LogP contribution in [-0.4, -0.2) is 82.3 Å². The Hall–Kier alpha value is -2.87. The molecule has 0 fully saturated rings. The van der Waals surface area contributed by atoms with Crippen LogP contribution in [0.25, 0.3) is 11.3 Å². The molecule has 0 saturated carbocycles. The first-order chi connectivity index (χ1) is 15.3. The molecule has 0 unspecified atom stereocenters. The molecule has 0 spiro atoms. The number of carboxylic acids is 2. The number of aliphatic carboxylic acids is 2. The van der Waals surface area contributed by atoms with Gasteiger partial charge in [0.25, 0.3) is 0 Å². The Morgan fingerprint density at radius 3 is 1.94 bits per heavy atom. The van der Waals surface area contributed by atoms with E-state index in [9.17, 15) is 9.59 Å². The fraction of sp³-hybridized carbons (Fsp3) is 0.450. The van der Waals surface area contributed by atoms with Crippen LogP contribution >= 0.6 is 0 Å². The molecule has 2 N–H and O–H groups in total. The second kappa shape index (κ2) is 12.9. The summed E-state index contributed by atoms with van der Waals surface area (Å²) in [6, 6.07) is 7.55. The Labute approximate surface area is 185 Å². The lowest BCUT2D eigenvalue weighted by Gasteiger charge is -2.22. The summed E-state index contributed by atoms with van der Waals surface area (Å²) < 4.78 is 1.94. The van der Waals surface area contributed by atoms with Gasteiger partial charge in [-0.3, -0.25) is 19.5 Å². The monoisotopic (exact) mass is 452 g/mol. The predicted molar refractivity (Wildman–Crippen MR) is 111 cm³/mol. The molecule has 0 aliphatic rings. The standard InChI is InChI=1S/C20H28N4O8/c1-22-6-4-5-18(22)15-7-16(9-23(11-19(25)26)12-20(27)28)21-17(8-15)10-24(13-31-29-2)14-32-30-3/h4-8H,9-14H2,1-3H3,(H,25,26)(H,27,28). The Morgan fingerprint density at radius 2 is 1.50 bits per heavy atom. The van der Waals surface area contributed by atoms with Crippen LogP contribution in [-0.2, 0) is 49.3 Å². The van der Waals surface area contributed by atoms with E-state index in [0.717, 1.165) is 11.3 Å². The molecule has 0 radical (unpaired) electrons. The average molecular weight is 452 g/mol. The van der Waals surface area contributed by atoms with E-state index >= 15 is 0 Å². The third-order valence-corrected chi connectivity index (χ3v) is 4.37. The van der Waals surface area contributed by atoms with E-state index in [1.165, 1.54) is 19.1 Å². The summed E-state index contributed by atoms with van der Waals surface area (Å²) in [6.07, 6.45) is 1.90. The summed E-state index contributed by atoms with van der Waals surface area (Å²) in [7, 11) is 4.68. The van der Waals surface area contributed by atoms with E-state index < -0.39 is 25.0 Å². The van der Waals surface area contributed by atoms with Gasteiger partial charge in [-0.1, -0.05) is 0 Å². The predicted octanol–water partition coefficient (Wildman–Crippen LogP) is 0.931. The second-order valence-electron chi connectivity index (χ2n) is 6.93. The molecule has 12 heteroatoms. The van der Waals surface area contributed by atoms with Gasteiger partial charge in [0.1, 0.15) is 13.5 Å². The van der Waals surface area contributed by atoms with Gasteiger partial charge in [-0.15, -0.1) is 0 Å². The highest BCUT2D eigenvalue weighted by molar-refractivity contribution is 5.72. The summed E-state index contributed by atoms with van der Waals surface area (Å²) in [5, 5.41) is 18.3. The summed E-state index contributed by atoms with van der Waals surface area (Å²) in [5.41, 5.74) is 2.94. The van der Waals surface area contributed by atoms with Gasteiger partial charge in [0.2, 0.25) is 0 Å². The van der Waals surface area contributed by atoms with Crippen molar-refractivity contribution in [2.24, 2.45) is 7.05 Å². The lowest BCUT2D eigenvalue weighted by Crippen LogP contribution is -2.34. The van der Waals surface area contributed by atoms with E-state index in [0.29, 0.717) is 17.9 Å². The minimum Gasteiger partial charge on any atom is -0.480 e. The van der Waals surface area contributed by atoms with Crippen LogP contribution in [0.1, 0.15) is 11.4 Å². The zero-order valence-electron chi connectivity index (χ0n) is 18.3. The number of aromatic nitrogens is 2. The molecular formula is C20H28N4O8. The third-order valence-electron chi connectivity index (χ3n) is 4.37. The summed E-state index contributed by atoms with van der Waals surface area (Å²) in [6.45, 7) is -0.339. The minimum absolute atomic E-state index is 0.0486. The number of carboxylic acid groups (broad SMARTS) is 2. The molecule has 176 valence electrons. The third kappa shape index (κ3) is 8.34. The van der Waals surface area contributed by atoms with E-state index in [1.54, 1.807) is 4.90 Å². The first-order valence-corrected chi connectivity index (χ1v) is 9.63. The molecule has 0 amide bonds. The van der Waals surface area contributed by atoms with E-state index in [4.69, 9.17) is 20.0 Å². The number of aryl methyl sites for hydroxylation is 1. The molecule has 0 aliphatic heterocycles. The highest BCUT2D eigenvalue weighted by Gasteiger charge is 2.17. The molecule has 0 atom stereocenters. The lowest BCUT2D eigenvalue weighted by molar-refractivity contribution is -0.335. The molecule has 0 saturated heterocycles. The lowest BCUT2D eigenvalue weighted by atomic mass is 10.1. The number of hydrogen-bond donors (Lipinski definition) is 2. The van der Waals surface area contributed by atoms with Crippen molar-refractivity contribution in [1.29, 1.82) is 0 Å². The zero-order valence-corrected chi connectivity index (χ0v) is 18.3. The molecule has 2 aromatic heterocycles. The number of carbonyl (C=O) groups is 2. The molecule has 12 nitrogen and oxygen atoms in total. The van der Waals surface area contributed by atoms with Crippen LogP contribution in [0.2, 0.25) is 0 Å². The molecule has 0 aliphatic carbocycles. The quantitative estimate of drug-likeness (QED) is 0.227. The first-order valence-electron chi connectivity index (χ1n) is 9.63. The molecule has 32 heavy (non-hydrogen) atoms. The normalized spacial score (nSPS) is 11.4. The van der Waals surface area contributed by atoms with Gasteiger partial charge in [0.15, 0.2) is 0 Å². The highest BCUT2D eigenvalue weighted by atomic mass is 17.2. The average Bonchev–Trinajstić information content (AvgIpc) is 3.14. The Bertz CT molecular complexity index is 864. The molecular weight excluding hydrogens is 424 g/mol. The largest absolute Gasteiger partial charge is 0.480 e. The minimum atomic E-state index is -1.12. The highest BCUT2D eigenvalue weighted by Crippen LogP contribution is 2.22. The molecule has 0 bridgehead atoms. The van der Waals surface area contributed by atoms with Gasteiger partial charge in [-0.2, -0.15) is 0 Å². The Kier molecular flexibility index (Phi) is 10.2. The van der Waals surface area contributed by atoms with Crippen molar-refractivity contribution in [3.8, 4) is 11.3 Å². The molecule has 2 rings (SSSR count). The Balaban J connectivity index is 2.36. The van der Waals surface area contributed by atoms with Crippen LogP contribution in [0.3, 0.4) is 0 Å². The van der Waals surface area contributed by atoms with Gasteiger partial charge >= 0.3 is 11.9 Å². The van der Waals surface area contributed by atoms with Crippen molar-refractivity contribution in [2.45, 2.75) is 13.1 Å². The van der Waals surface area contributed by atoms with E-state index in [2.05, 4.69) is 14.8 Å². The number of nitrogens with zero attached hydrogens (tertiary/aromatic N) is 4. The maximum Gasteiger partial charge on any atom is 0.317 e. The van der Waals surface area contributed by atoms with Crippen LogP contribution < -0.4 is 0 Å². The maximum atomic E-state index is 11.2. The second-order valence-corrected chi connectivity index (χ2v) is 6.93. The van der Waals surface area contributed by atoms with Crippen LogP contribution in [0.4, 0.5) is 0 Å². The van der Waals surface area contributed by atoms with Gasteiger partial charge in [0, 0.05) is 37.6 Å². The number of pyridine rings is 1. The fourth-order valence-corrected chi connectivity index (χ4v) is 3.11. The number of hydrogen-bond acceptors (Lipinski definition) is 9. The smallest absolute Gasteiger partial charge is 0.317 e. The van der Waals surface area contributed by atoms with Crippen molar-refractivity contribution in [1.82, 2.24) is 19.4 Å². The van der Waals surface area contributed by atoms with Gasteiger partial charge < -0.3 is 14.8 Å². The van der Waals surface area contributed by atoms with Crippen molar-refractivity contribution in [3.05, 3.63) is 41.9 Å². The van der Waals surface area contributed by atoms with E-state index in [1.807, 2.05) is 42.1 Å². The van der Waals surface area contributed by atoms with Crippen molar-refractivity contribution in [2.75, 3.05) is 40.8 Å². The van der Waals surface area contributed by atoms with Crippen LogP contribution in [0.15, 0.2) is 30.5 Å². The van der Waals surface area contributed by atoms with Crippen molar-refractivity contribution in [3.63, 3.8) is 0 Å². The van der Waals surface area contributed by atoms with Crippen LogP contribution in [0.5, 0.6) is 0 Å². The SMILES string of the molecule is COOCN(COOC)Cc1cc(-c2cccn2C)cc(CN(CC(=O)O)CC(=O)O)n1. The zero-order chi connectivity index (χ0) is 23.5. The maximum absolute atomic E-state index is 11.2. The summed E-state index contributed by atoms with van der Waals surface area (Å²) >= 11 is 0. The van der Waals surface area contributed by atoms with Gasteiger partial charge in [-0.05, 0) is 24.3 Å². The van der Waals surface area contributed by atoms with Crippen LogP contribution in [0, 0.1) is 0 Å². The van der Waals surface area contributed by atoms with Crippen molar-refractivity contribution >= 4 is 11.9 Å². The van der Waals surface area contributed by atoms with Gasteiger partial charge in [-0.25, -0.2) is 24.5 Å². The van der Waals surface area contributed by atoms with Gasteiger partial charge in [0.05, 0.1) is 38.7 Å². The molecule has 0 aromatic carbocycles. The fourth-order valence-electron chi connectivity index (χ4n) is 3.11. The molecule has 2 heterocycles.